The van der Waals surface area contributed by atoms with Crippen molar-refractivity contribution in [3.8, 4) is 0 Å². The van der Waals surface area contributed by atoms with Crippen LogP contribution in [-0.2, 0) is 26.1 Å². The standard InChI is InChI=1S/C23H28FN3O5S/c1-16(2)21(23(29)25-15-18-6-3-4-9-20(18)24)26-22(28)17-7-5-8-19(14-17)33(30,31)27-10-12-32-13-11-27/h3-9,14,16,21H,10-13,15H2,1-2H3,(H,25,29)(H,26,28)/t21-/m0/s1. The maximum atomic E-state index is 13.8. The monoisotopic (exact) mass is 477 g/mol. The molecular weight excluding hydrogens is 449 g/mol. The average Bonchev–Trinajstić information content (AvgIpc) is 2.82. The zero-order chi connectivity index (χ0) is 24.0. The van der Waals surface area contributed by atoms with Gasteiger partial charge in [0, 0.05) is 30.8 Å². The quantitative estimate of drug-likeness (QED) is 0.605. The Morgan fingerprint density at radius 2 is 1.79 bits per heavy atom. The summed E-state index contributed by atoms with van der Waals surface area (Å²) >= 11 is 0. The molecule has 3 rings (SSSR count). The molecular formula is C23H28FN3O5S. The van der Waals surface area contributed by atoms with Gasteiger partial charge in [0.05, 0.1) is 18.1 Å². The van der Waals surface area contributed by atoms with Crippen LogP contribution in [0.3, 0.4) is 0 Å². The minimum absolute atomic E-state index is 0.00199. The Bertz CT molecular complexity index is 1100. The van der Waals surface area contributed by atoms with Crippen LogP contribution < -0.4 is 10.6 Å². The maximum Gasteiger partial charge on any atom is 0.251 e. The van der Waals surface area contributed by atoms with Crippen molar-refractivity contribution in [2.24, 2.45) is 5.92 Å². The van der Waals surface area contributed by atoms with Gasteiger partial charge in [-0.25, -0.2) is 12.8 Å². The Hall–Kier alpha value is -2.82. The van der Waals surface area contributed by atoms with Gasteiger partial charge >= 0.3 is 0 Å². The van der Waals surface area contributed by atoms with Crippen LogP contribution in [0.5, 0.6) is 0 Å². The van der Waals surface area contributed by atoms with E-state index in [1.807, 2.05) is 0 Å². The summed E-state index contributed by atoms with van der Waals surface area (Å²) in [6.07, 6.45) is 0. The SMILES string of the molecule is CC(C)[C@H](NC(=O)c1cccc(S(=O)(=O)N2CCOCC2)c1)C(=O)NCc1ccccc1F. The van der Waals surface area contributed by atoms with Crippen LogP contribution in [-0.4, -0.2) is 56.9 Å². The number of benzene rings is 2. The summed E-state index contributed by atoms with van der Waals surface area (Å²) in [5, 5.41) is 5.32. The first-order valence-electron chi connectivity index (χ1n) is 10.7. The molecule has 2 N–H and O–H groups in total. The van der Waals surface area contributed by atoms with E-state index in [2.05, 4.69) is 10.6 Å². The Balaban J connectivity index is 1.70. The summed E-state index contributed by atoms with van der Waals surface area (Å²) in [4.78, 5) is 25.6. The predicted octanol–water partition coefficient (Wildman–Crippen LogP) is 1.92. The van der Waals surface area contributed by atoms with E-state index in [1.165, 1.54) is 34.6 Å². The largest absolute Gasteiger partial charge is 0.379 e. The number of morpholine rings is 1. The van der Waals surface area contributed by atoms with E-state index in [9.17, 15) is 22.4 Å². The number of carbonyl (C=O) groups is 2. The van der Waals surface area contributed by atoms with E-state index in [0.717, 1.165) is 0 Å². The van der Waals surface area contributed by atoms with Gasteiger partial charge in [-0.3, -0.25) is 9.59 Å². The van der Waals surface area contributed by atoms with Crippen molar-refractivity contribution in [2.45, 2.75) is 31.3 Å². The highest BCUT2D eigenvalue weighted by Crippen LogP contribution is 2.19. The molecule has 2 amide bonds. The summed E-state index contributed by atoms with van der Waals surface area (Å²) in [6, 6.07) is 10.9. The number of halogens is 1. The zero-order valence-electron chi connectivity index (χ0n) is 18.6. The second kappa shape index (κ2) is 10.9. The number of nitrogens with zero attached hydrogens (tertiary/aromatic N) is 1. The first-order chi connectivity index (χ1) is 15.7. The van der Waals surface area contributed by atoms with Crippen LogP contribution in [0, 0.1) is 11.7 Å². The molecule has 10 heteroatoms. The first kappa shape index (κ1) is 24.8. The fourth-order valence-corrected chi connectivity index (χ4v) is 4.88. The van der Waals surface area contributed by atoms with Gasteiger partial charge in [-0.2, -0.15) is 4.31 Å². The fourth-order valence-electron chi connectivity index (χ4n) is 3.43. The van der Waals surface area contributed by atoms with Crippen LogP contribution in [0.2, 0.25) is 0 Å². The van der Waals surface area contributed by atoms with E-state index < -0.39 is 33.7 Å². The Kier molecular flexibility index (Phi) is 8.17. The Labute approximate surface area is 193 Å². The Morgan fingerprint density at radius 1 is 1.09 bits per heavy atom. The van der Waals surface area contributed by atoms with E-state index in [4.69, 9.17) is 4.74 Å². The lowest BCUT2D eigenvalue weighted by Gasteiger charge is -2.26. The lowest BCUT2D eigenvalue weighted by molar-refractivity contribution is -0.124. The molecule has 0 aliphatic carbocycles. The van der Waals surface area contributed by atoms with Gasteiger partial charge in [-0.05, 0) is 30.2 Å². The molecule has 2 aromatic rings. The van der Waals surface area contributed by atoms with Crippen molar-refractivity contribution in [1.29, 1.82) is 0 Å². The fraction of sp³-hybridized carbons (Fsp3) is 0.391. The molecule has 0 saturated carbocycles. The molecule has 0 unspecified atom stereocenters. The van der Waals surface area contributed by atoms with Gasteiger partial charge < -0.3 is 15.4 Å². The van der Waals surface area contributed by atoms with Crippen LogP contribution >= 0.6 is 0 Å². The van der Waals surface area contributed by atoms with E-state index in [0.29, 0.717) is 18.8 Å². The molecule has 8 nitrogen and oxygen atoms in total. The number of hydrogen-bond acceptors (Lipinski definition) is 5. The highest BCUT2D eigenvalue weighted by Gasteiger charge is 2.28. The normalized spacial score (nSPS) is 15.8. The third-order valence-corrected chi connectivity index (χ3v) is 7.25. The highest BCUT2D eigenvalue weighted by atomic mass is 32.2. The summed E-state index contributed by atoms with van der Waals surface area (Å²) in [7, 11) is -3.76. The van der Waals surface area contributed by atoms with E-state index in [-0.39, 0.29) is 36.0 Å². The minimum Gasteiger partial charge on any atom is -0.379 e. The highest BCUT2D eigenvalue weighted by molar-refractivity contribution is 7.89. The van der Waals surface area contributed by atoms with Crippen molar-refractivity contribution in [1.82, 2.24) is 14.9 Å². The number of nitrogens with one attached hydrogen (secondary N) is 2. The summed E-state index contributed by atoms with van der Waals surface area (Å²) in [5.74, 6) is -1.72. The van der Waals surface area contributed by atoms with Crippen molar-refractivity contribution >= 4 is 21.8 Å². The number of rotatable bonds is 8. The van der Waals surface area contributed by atoms with Gasteiger partial charge in [0.1, 0.15) is 11.9 Å². The number of sulfonamides is 1. The molecule has 1 fully saturated rings. The number of ether oxygens (including phenoxy) is 1. The molecule has 1 atom stereocenters. The third-order valence-electron chi connectivity index (χ3n) is 5.35. The summed E-state index contributed by atoms with van der Waals surface area (Å²) < 4.78 is 46.1. The summed E-state index contributed by atoms with van der Waals surface area (Å²) in [5.41, 5.74) is 0.456. The molecule has 178 valence electrons. The second-order valence-corrected chi connectivity index (χ2v) is 9.99. The molecule has 33 heavy (non-hydrogen) atoms. The van der Waals surface area contributed by atoms with Crippen LogP contribution in [0.15, 0.2) is 53.4 Å². The topological polar surface area (TPSA) is 105 Å². The molecule has 0 radical (unpaired) electrons. The smallest absolute Gasteiger partial charge is 0.251 e. The molecule has 2 aromatic carbocycles. The minimum atomic E-state index is -3.76. The number of amides is 2. The molecule has 1 aliphatic rings. The molecule has 1 aliphatic heterocycles. The second-order valence-electron chi connectivity index (χ2n) is 8.05. The van der Waals surface area contributed by atoms with Gasteiger partial charge in [0.15, 0.2) is 0 Å². The third kappa shape index (κ3) is 6.16. The average molecular weight is 478 g/mol. The lowest BCUT2D eigenvalue weighted by atomic mass is 10.0. The van der Waals surface area contributed by atoms with Gasteiger partial charge in [-0.1, -0.05) is 38.1 Å². The molecule has 1 saturated heterocycles. The lowest BCUT2D eigenvalue weighted by Crippen LogP contribution is -2.49. The van der Waals surface area contributed by atoms with Crippen molar-refractivity contribution in [3.05, 3.63) is 65.5 Å². The van der Waals surface area contributed by atoms with Crippen molar-refractivity contribution in [3.63, 3.8) is 0 Å². The van der Waals surface area contributed by atoms with Gasteiger partial charge in [-0.15, -0.1) is 0 Å². The van der Waals surface area contributed by atoms with Crippen LogP contribution in [0.4, 0.5) is 4.39 Å². The maximum absolute atomic E-state index is 13.8. The number of carbonyl (C=O) groups excluding carboxylic acids is 2. The summed E-state index contributed by atoms with van der Waals surface area (Å²) in [6.45, 7) is 4.65. The van der Waals surface area contributed by atoms with Crippen LogP contribution in [0.1, 0.15) is 29.8 Å². The molecule has 0 bridgehead atoms. The van der Waals surface area contributed by atoms with E-state index >= 15 is 0 Å². The molecule has 1 heterocycles. The van der Waals surface area contributed by atoms with Gasteiger partial charge in [0.2, 0.25) is 15.9 Å². The van der Waals surface area contributed by atoms with Crippen molar-refractivity contribution < 1.29 is 27.1 Å². The van der Waals surface area contributed by atoms with Crippen molar-refractivity contribution in [2.75, 3.05) is 26.3 Å². The van der Waals surface area contributed by atoms with Gasteiger partial charge in [0.25, 0.3) is 5.91 Å². The first-order valence-corrected chi connectivity index (χ1v) is 12.1. The van der Waals surface area contributed by atoms with E-state index in [1.54, 1.807) is 32.0 Å². The van der Waals surface area contributed by atoms with Crippen LogP contribution in [0.25, 0.3) is 0 Å². The predicted molar refractivity (Wildman–Crippen MR) is 120 cm³/mol. The molecule has 0 spiro atoms. The zero-order valence-corrected chi connectivity index (χ0v) is 19.4. The molecule has 0 aromatic heterocycles. The Morgan fingerprint density at radius 3 is 2.45 bits per heavy atom. The number of hydrogen-bond donors (Lipinski definition) is 2.